The van der Waals surface area contributed by atoms with Crippen LogP contribution < -0.4 is 25.8 Å². The number of nitrogens with one attached hydrogen (secondary N) is 2. The zero-order valence-corrected chi connectivity index (χ0v) is 15.2. The average Bonchev–Trinajstić information content (AvgIpc) is 2.70. The van der Waals surface area contributed by atoms with E-state index in [-0.39, 0.29) is 30.2 Å². The highest BCUT2D eigenvalue weighted by Gasteiger charge is 2.13. The number of terminal acetylenes is 1. The quantitative estimate of drug-likeness (QED) is 0.587. The van der Waals surface area contributed by atoms with Gasteiger partial charge in [-0.2, -0.15) is 0 Å². The number of methoxy groups -OCH3 is 1. The molecule has 8 nitrogen and oxygen atoms in total. The zero-order valence-electron chi connectivity index (χ0n) is 15.2. The average molecular weight is 381 g/mol. The van der Waals surface area contributed by atoms with Crippen molar-refractivity contribution in [2.75, 3.05) is 25.6 Å². The summed E-state index contributed by atoms with van der Waals surface area (Å²) in [7, 11) is 1.39. The number of ether oxygens (including phenoxy) is 2. The van der Waals surface area contributed by atoms with Gasteiger partial charge in [0.25, 0.3) is 11.8 Å². The van der Waals surface area contributed by atoms with Gasteiger partial charge in [-0.15, -0.1) is 6.42 Å². The van der Waals surface area contributed by atoms with Crippen LogP contribution in [-0.4, -0.2) is 38.0 Å². The molecule has 0 spiro atoms. The van der Waals surface area contributed by atoms with Crippen LogP contribution in [-0.2, 0) is 9.59 Å². The lowest BCUT2D eigenvalue weighted by Crippen LogP contribution is -2.32. The van der Waals surface area contributed by atoms with Crippen LogP contribution in [0.2, 0.25) is 0 Å². The second-order valence-electron chi connectivity index (χ2n) is 5.58. The summed E-state index contributed by atoms with van der Waals surface area (Å²) in [5, 5.41) is 5.15. The number of hydrogen-bond acceptors (Lipinski definition) is 5. The van der Waals surface area contributed by atoms with E-state index >= 15 is 0 Å². The van der Waals surface area contributed by atoms with Crippen LogP contribution in [0.25, 0.3) is 0 Å². The molecule has 0 atom stereocenters. The number of anilines is 1. The van der Waals surface area contributed by atoms with Gasteiger partial charge in [-0.1, -0.05) is 12.0 Å². The normalized spacial score (nSPS) is 9.71. The molecule has 2 rings (SSSR count). The third-order valence-electron chi connectivity index (χ3n) is 3.52. The predicted molar refractivity (Wildman–Crippen MR) is 103 cm³/mol. The summed E-state index contributed by atoms with van der Waals surface area (Å²) in [6.45, 7) is -0.551. The molecule has 0 aliphatic carbocycles. The number of carbonyl (C=O) groups excluding carboxylic acids is 3. The highest BCUT2D eigenvalue weighted by atomic mass is 16.5. The number of carbonyl (C=O) groups is 3. The van der Waals surface area contributed by atoms with E-state index in [9.17, 15) is 14.4 Å². The van der Waals surface area contributed by atoms with Crippen LogP contribution in [0.5, 0.6) is 11.5 Å². The summed E-state index contributed by atoms with van der Waals surface area (Å²) in [6.07, 6.45) is 5.32. The number of benzene rings is 2. The first kappa shape index (κ1) is 20.3. The van der Waals surface area contributed by atoms with E-state index in [2.05, 4.69) is 16.6 Å². The molecular weight excluding hydrogens is 362 g/mol. The SMILES string of the molecule is C#Cc1cccc(NC(=O)CNC(=O)c2ccc(OCC(N)=O)c(OC)c2)c1. The number of amides is 3. The van der Waals surface area contributed by atoms with E-state index < -0.39 is 17.7 Å². The van der Waals surface area contributed by atoms with Gasteiger partial charge in [-0.05, 0) is 36.4 Å². The van der Waals surface area contributed by atoms with Crippen molar-refractivity contribution in [1.29, 1.82) is 0 Å². The zero-order chi connectivity index (χ0) is 20.5. The summed E-state index contributed by atoms with van der Waals surface area (Å²) in [6, 6.07) is 11.2. The van der Waals surface area contributed by atoms with E-state index in [1.54, 1.807) is 24.3 Å². The third kappa shape index (κ3) is 5.78. The largest absolute Gasteiger partial charge is 0.493 e. The second kappa shape index (κ2) is 9.64. The van der Waals surface area contributed by atoms with Gasteiger partial charge in [-0.25, -0.2) is 0 Å². The molecule has 4 N–H and O–H groups in total. The molecule has 28 heavy (non-hydrogen) atoms. The summed E-state index contributed by atoms with van der Waals surface area (Å²) < 4.78 is 10.3. The minimum absolute atomic E-state index is 0.235. The Bertz CT molecular complexity index is 934. The molecule has 0 unspecified atom stereocenters. The van der Waals surface area contributed by atoms with Crippen molar-refractivity contribution in [3.8, 4) is 23.8 Å². The van der Waals surface area contributed by atoms with E-state index in [1.807, 2.05) is 0 Å². The van der Waals surface area contributed by atoms with Gasteiger partial charge in [0.15, 0.2) is 18.1 Å². The van der Waals surface area contributed by atoms with Crippen LogP contribution in [0.15, 0.2) is 42.5 Å². The Morgan fingerprint density at radius 1 is 1.14 bits per heavy atom. The standard InChI is InChI=1S/C20H19N3O5/c1-3-13-5-4-6-15(9-13)23-19(25)11-22-20(26)14-7-8-16(17(10-14)27-2)28-12-18(21)24/h1,4-10H,11-12H2,2H3,(H2,21,24)(H,22,26)(H,23,25). The molecule has 144 valence electrons. The molecule has 0 fully saturated rings. The molecule has 0 bridgehead atoms. The van der Waals surface area contributed by atoms with E-state index in [4.69, 9.17) is 21.6 Å². The molecule has 0 aromatic heterocycles. The molecule has 3 amide bonds. The molecule has 0 saturated carbocycles. The second-order valence-corrected chi connectivity index (χ2v) is 5.58. The molecule has 0 saturated heterocycles. The van der Waals surface area contributed by atoms with Crippen LogP contribution in [0, 0.1) is 12.3 Å². The minimum atomic E-state index is -0.636. The maximum absolute atomic E-state index is 12.3. The van der Waals surface area contributed by atoms with Gasteiger partial charge >= 0.3 is 0 Å². The number of primary amides is 1. The highest BCUT2D eigenvalue weighted by Crippen LogP contribution is 2.28. The summed E-state index contributed by atoms with van der Waals surface area (Å²) in [5.41, 5.74) is 6.45. The first-order valence-corrected chi connectivity index (χ1v) is 8.16. The molecule has 2 aromatic rings. The van der Waals surface area contributed by atoms with E-state index in [0.717, 1.165) is 0 Å². The minimum Gasteiger partial charge on any atom is -0.493 e. The van der Waals surface area contributed by atoms with Crippen molar-refractivity contribution in [3.05, 3.63) is 53.6 Å². The van der Waals surface area contributed by atoms with Crippen molar-refractivity contribution in [2.24, 2.45) is 5.73 Å². The Hall–Kier alpha value is -3.99. The van der Waals surface area contributed by atoms with Crippen LogP contribution in [0.4, 0.5) is 5.69 Å². The fourth-order valence-corrected chi connectivity index (χ4v) is 2.23. The Kier molecular flexibility index (Phi) is 6.99. The van der Waals surface area contributed by atoms with Gasteiger partial charge in [0.1, 0.15) is 0 Å². The fourth-order valence-electron chi connectivity index (χ4n) is 2.23. The summed E-state index contributed by atoms with van der Waals surface area (Å²) in [4.78, 5) is 35.1. The molecule has 0 aliphatic rings. The van der Waals surface area contributed by atoms with Gasteiger partial charge in [0.2, 0.25) is 5.91 Å². The van der Waals surface area contributed by atoms with Crippen molar-refractivity contribution in [3.63, 3.8) is 0 Å². The smallest absolute Gasteiger partial charge is 0.255 e. The summed E-state index contributed by atoms with van der Waals surface area (Å²) in [5.74, 6) is 1.47. The van der Waals surface area contributed by atoms with Gasteiger partial charge in [0.05, 0.1) is 13.7 Å². The van der Waals surface area contributed by atoms with Crippen molar-refractivity contribution < 1.29 is 23.9 Å². The van der Waals surface area contributed by atoms with E-state index in [0.29, 0.717) is 11.3 Å². The number of rotatable bonds is 8. The first-order valence-electron chi connectivity index (χ1n) is 8.16. The molecular formula is C20H19N3O5. The van der Waals surface area contributed by atoms with E-state index in [1.165, 1.54) is 25.3 Å². The van der Waals surface area contributed by atoms with Crippen molar-refractivity contribution in [1.82, 2.24) is 5.32 Å². The Balaban J connectivity index is 1.95. The lowest BCUT2D eigenvalue weighted by molar-refractivity contribution is -0.120. The maximum atomic E-state index is 12.3. The molecule has 0 heterocycles. The topological polar surface area (TPSA) is 120 Å². The molecule has 0 aliphatic heterocycles. The van der Waals surface area contributed by atoms with Crippen molar-refractivity contribution >= 4 is 23.4 Å². The molecule has 0 radical (unpaired) electrons. The maximum Gasteiger partial charge on any atom is 0.255 e. The lowest BCUT2D eigenvalue weighted by atomic mass is 10.2. The van der Waals surface area contributed by atoms with Crippen LogP contribution in [0.3, 0.4) is 0 Å². The first-order chi connectivity index (χ1) is 13.4. The monoisotopic (exact) mass is 381 g/mol. The van der Waals surface area contributed by atoms with Crippen LogP contribution >= 0.6 is 0 Å². The fraction of sp³-hybridized carbons (Fsp3) is 0.150. The Morgan fingerprint density at radius 2 is 1.93 bits per heavy atom. The predicted octanol–water partition coefficient (Wildman–Crippen LogP) is 0.909. The number of nitrogens with two attached hydrogens (primary N) is 1. The highest BCUT2D eigenvalue weighted by molar-refractivity contribution is 5.99. The Labute approximate surface area is 162 Å². The van der Waals surface area contributed by atoms with Gasteiger partial charge < -0.3 is 25.8 Å². The van der Waals surface area contributed by atoms with Crippen LogP contribution in [0.1, 0.15) is 15.9 Å². The van der Waals surface area contributed by atoms with Gasteiger partial charge in [0, 0.05) is 16.8 Å². The summed E-state index contributed by atoms with van der Waals surface area (Å²) >= 11 is 0. The molecule has 8 heteroatoms. The molecule has 2 aromatic carbocycles. The van der Waals surface area contributed by atoms with Gasteiger partial charge in [-0.3, -0.25) is 14.4 Å². The lowest BCUT2D eigenvalue weighted by Gasteiger charge is -2.11. The number of hydrogen-bond donors (Lipinski definition) is 3. The van der Waals surface area contributed by atoms with Crippen molar-refractivity contribution in [2.45, 2.75) is 0 Å². The third-order valence-corrected chi connectivity index (χ3v) is 3.52. The Morgan fingerprint density at radius 3 is 2.61 bits per heavy atom.